The van der Waals surface area contributed by atoms with E-state index in [0.29, 0.717) is 17.5 Å². The summed E-state index contributed by atoms with van der Waals surface area (Å²) in [5.74, 6) is -0.139. The molecule has 2 aromatic carbocycles. The van der Waals surface area contributed by atoms with Crippen LogP contribution in [0.2, 0.25) is 0 Å². The fraction of sp³-hybridized carbons (Fsp3) is 0.304. The highest BCUT2D eigenvalue weighted by molar-refractivity contribution is 5.95. The summed E-state index contributed by atoms with van der Waals surface area (Å²) in [4.78, 5) is 24.5. The Labute approximate surface area is 175 Å². The molecule has 0 aliphatic carbocycles. The molecule has 1 amide bonds. The molecule has 0 saturated heterocycles. The number of esters is 1. The van der Waals surface area contributed by atoms with Crippen molar-refractivity contribution in [2.24, 2.45) is 0 Å². The van der Waals surface area contributed by atoms with Gasteiger partial charge in [0.15, 0.2) is 6.10 Å². The van der Waals surface area contributed by atoms with Crippen molar-refractivity contribution in [3.8, 4) is 11.5 Å². The minimum absolute atomic E-state index is 0.0383. The highest BCUT2D eigenvalue weighted by atomic mass is 16.5. The predicted octanol–water partition coefficient (Wildman–Crippen LogP) is 4.16. The van der Waals surface area contributed by atoms with Crippen molar-refractivity contribution in [1.82, 2.24) is 10.2 Å². The van der Waals surface area contributed by atoms with Crippen molar-refractivity contribution in [2.75, 3.05) is 5.32 Å². The number of nitrogens with zero attached hydrogens (tertiary/aromatic N) is 2. The summed E-state index contributed by atoms with van der Waals surface area (Å²) >= 11 is 0. The van der Waals surface area contributed by atoms with Crippen LogP contribution in [0.25, 0.3) is 11.5 Å². The molecule has 0 aliphatic heterocycles. The summed E-state index contributed by atoms with van der Waals surface area (Å²) in [5.41, 5.74) is 4.63. The van der Waals surface area contributed by atoms with E-state index in [2.05, 4.69) is 15.5 Å². The predicted molar refractivity (Wildman–Crippen MR) is 113 cm³/mol. The lowest BCUT2D eigenvalue weighted by atomic mass is 10.1. The van der Waals surface area contributed by atoms with Crippen LogP contribution >= 0.6 is 0 Å². The number of benzene rings is 2. The quantitative estimate of drug-likeness (QED) is 0.591. The first-order valence-electron chi connectivity index (χ1n) is 9.79. The van der Waals surface area contributed by atoms with Gasteiger partial charge in [-0.3, -0.25) is 9.59 Å². The minimum atomic E-state index is -0.914. The van der Waals surface area contributed by atoms with E-state index in [1.54, 1.807) is 6.92 Å². The molecule has 156 valence electrons. The van der Waals surface area contributed by atoms with Crippen molar-refractivity contribution in [1.29, 1.82) is 0 Å². The summed E-state index contributed by atoms with van der Waals surface area (Å²) in [5, 5.41) is 10.8. The Bertz CT molecular complexity index is 1040. The van der Waals surface area contributed by atoms with E-state index < -0.39 is 12.1 Å². The van der Waals surface area contributed by atoms with Crippen LogP contribution in [-0.2, 0) is 20.7 Å². The van der Waals surface area contributed by atoms with Gasteiger partial charge in [-0.1, -0.05) is 29.8 Å². The van der Waals surface area contributed by atoms with E-state index >= 15 is 0 Å². The van der Waals surface area contributed by atoms with Crippen molar-refractivity contribution in [2.45, 2.75) is 46.6 Å². The highest BCUT2D eigenvalue weighted by Crippen LogP contribution is 2.19. The molecule has 7 nitrogen and oxygen atoms in total. The van der Waals surface area contributed by atoms with Crippen LogP contribution in [0.5, 0.6) is 0 Å². The Morgan fingerprint density at radius 2 is 1.73 bits per heavy atom. The fourth-order valence-corrected chi connectivity index (χ4v) is 2.79. The molecule has 1 N–H and O–H groups in total. The number of aryl methyl sites for hydroxylation is 4. The SMILES string of the molecule is Cc1ccc(-c2nnc(CCC(=O)OC(C)C(=O)Nc3cc(C)ccc3C)o2)cc1. The standard InChI is InChI=1S/C23H25N3O4/c1-14-6-9-18(10-7-14)23-26-25-20(30-23)11-12-21(27)29-17(4)22(28)24-19-13-15(2)5-8-16(19)3/h5-10,13,17H,11-12H2,1-4H3,(H,24,28). The molecule has 1 atom stereocenters. The van der Waals surface area contributed by atoms with Gasteiger partial charge in [0.1, 0.15) is 0 Å². The zero-order valence-electron chi connectivity index (χ0n) is 17.6. The molecule has 3 rings (SSSR count). The second-order valence-corrected chi connectivity index (χ2v) is 7.31. The Balaban J connectivity index is 1.50. The van der Waals surface area contributed by atoms with Crippen LogP contribution in [0.3, 0.4) is 0 Å². The zero-order chi connectivity index (χ0) is 21.7. The number of anilines is 1. The van der Waals surface area contributed by atoms with Crippen LogP contribution < -0.4 is 5.32 Å². The Hall–Kier alpha value is -3.48. The first-order chi connectivity index (χ1) is 14.3. The zero-order valence-corrected chi connectivity index (χ0v) is 17.6. The molecule has 0 spiro atoms. The van der Waals surface area contributed by atoms with Crippen molar-refractivity contribution >= 4 is 17.6 Å². The third-order valence-corrected chi connectivity index (χ3v) is 4.64. The van der Waals surface area contributed by atoms with E-state index in [9.17, 15) is 9.59 Å². The van der Waals surface area contributed by atoms with Crippen molar-refractivity contribution in [3.63, 3.8) is 0 Å². The summed E-state index contributed by atoms with van der Waals surface area (Å²) in [7, 11) is 0. The Morgan fingerprint density at radius 3 is 2.47 bits per heavy atom. The van der Waals surface area contributed by atoms with E-state index in [4.69, 9.17) is 9.15 Å². The van der Waals surface area contributed by atoms with E-state index in [0.717, 1.165) is 22.3 Å². The Morgan fingerprint density at radius 1 is 1.03 bits per heavy atom. The molecule has 3 aromatic rings. The molecule has 7 heteroatoms. The van der Waals surface area contributed by atoms with E-state index in [1.165, 1.54) is 0 Å². The lowest BCUT2D eigenvalue weighted by molar-refractivity contribution is -0.153. The van der Waals surface area contributed by atoms with Gasteiger partial charge in [-0.25, -0.2) is 0 Å². The van der Waals surface area contributed by atoms with Gasteiger partial charge in [0.05, 0.1) is 6.42 Å². The number of ether oxygens (including phenoxy) is 1. The van der Waals surface area contributed by atoms with Gasteiger partial charge in [0.25, 0.3) is 5.91 Å². The maximum Gasteiger partial charge on any atom is 0.307 e. The topological polar surface area (TPSA) is 94.3 Å². The summed E-state index contributed by atoms with van der Waals surface area (Å²) < 4.78 is 10.8. The highest BCUT2D eigenvalue weighted by Gasteiger charge is 2.19. The third kappa shape index (κ3) is 5.53. The number of carbonyl (C=O) groups excluding carboxylic acids is 2. The number of nitrogens with one attached hydrogen (secondary N) is 1. The lowest BCUT2D eigenvalue weighted by Crippen LogP contribution is -2.30. The fourth-order valence-electron chi connectivity index (χ4n) is 2.79. The number of rotatable bonds is 7. The average Bonchev–Trinajstić information content (AvgIpc) is 3.18. The van der Waals surface area contributed by atoms with Crippen molar-refractivity contribution < 1.29 is 18.7 Å². The average molecular weight is 407 g/mol. The molecule has 0 radical (unpaired) electrons. The van der Waals surface area contributed by atoms with Crippen LogP contribution in [-0.4, -0.2) is 28.2 Å². The molecule has 1 unspecified atom stereocenters. The van der Waals surface area contributed by atoms with Crippen LogP contribution in [0, 0.1) is 20.8 Å². The summed E-state index contributed by atoms with van der Waals surface area (Å²) in [6.07, 6.45) is -0.636. The largest absolute Gasteiger partial charge is 0.453 e. The van der Waals surface area contributed by atoms with Crippen LogP contribution in [0.4, 0.5) is 5.69 Å². The normalized spacial score (nSPS) is 11.7. The second kappa shape index (κ2) is 9.35. The van der Waals surface area contributed by atoms with Gasteiger partial charge in [-0.2, -0.15) is 0 Å². The number of carbonyl (C=O) groups is 2. The lowest BCUT2D eigenvalue weighted by Gasteiger charge is -2.15. The van der Waals surface area contributed by atoms with Gasteiger partial charge >= 0.3 is 5.97 Å². The van der Waals surface area contributed by atoms with Crippen LogP contribution in [0.15, 0.2) is 46.9 Å². The monoisotopic (exact) mass is 407 g/mol. The van der Waals surface area contributed by atoms with Gasteiger partial charge in [-0.15, -0.1) is 10.2 Å². The summed E-state index contributed by atoms with van der Waals surface area (Å²) in [6, 6.07) is 13.5. The second-order valence-electron chi connectivity index (χ2n) is 7.31. The molecule has 1 heterocycles. The molecule has 30 heavy (non-hydrogen) atoms. The molecule has 0 fully saturated rings. The summed E-state index contributed by atoms with van der Waals surface area (Å²) in [6.45, 7) is 7.39. The molecule has 0 aliphatic rings. The molecule has 1 aromatic heterocycles. The maximum absolute atomic E-state index is 12.3. The van der Waals surface area contributed by atoms with Crippen LogP contribution in [0.1, 0.15) is 35.9 Å². The minimum Gasteiger partial charge on any atom is -0.453 e. The number of hydrogen-bond donors (Lipinski definition) is 1. The molecular weight excluding hydrogens is 382 g/mol. The molecule has 0 saturated carbocycles. The van der Waals surface area contributed by atoms with E-state index in [-0.39, 0.29) is 18.7 Å². The smallest absolute Gasteiger partial charge is 0.307 e. The first-order valence-corrected chi connectivity index (χ1v) is 9.79. The Kier molecular flexibility index (Phi) is 6.61. The van der Waals surface area contributed by atoms with Gasteiger partial charge in [-0.05, 0) is 57.0 Å². The number of amides is 1. The molecule has 0 bridgehead atoms. The van der Waals surface area contributed by atoms with Gasteiger partial charge in [0.2, 0.25) is 11.8 Å². The van der Waals surface area contributed by atoms with Crippen molar-refractivity contribution in [3.05, 3.63) is 65.0 Å². The maximum atomic E-state index is 12.3. The van der Waals surface area contributed by atoms with Gasteiger partial charge < -0.3 is 14.5 Å². The number of hydrogen-bond acceptors (Lipinski definition) is 6. The van der Waals surface area contributed by atoms with Gasteiger partial charge in [0, 0.05) is 17.7 Å². The number of aromatic nitrogens is 2. The third-order valence-electron chi connectivity index (χ3n) is 4.64. The first kappa shape index (κ1) is 21.2. The molecular formula is C23H25N3O4. The van der Waals surface area contributed by atoms with E-state index in [1.807, 2.05) is 63.2 Å².